The van der Waals surface area contributed by atoms with E-state index in [0.717, 1.165) is 11.0 Å². The van der Waals surface area contributed by atoms with E-state index < -0.39 is 35.5 Å². The molecule has 0 bridgehead atoms. The van der Waals surface area contributed by atoms with Crippen LogP contribution in [0.2, 0.25) is 0 Å². The highest BCUT2D eigenvalue weighted by molar-refractivity contribution is 5.69. The summed E-state index contributed by atoms with van der Waals surface area (Å²) in [6, 6.07) is 3.83. The number of carbonyl (C=O) groups is 1. The lowest BCUT2D eigenvalue weighted by Gasteiger charge is -2.27. The SMILES string of the molecule is CC(C)(C)OC(=O)N1CCC(c2cccc(F)c2F)[C@@H]1O. The van der Waals surface area contributed by atoms with E-state index in [2.05, 4.69) is 0 Å². The van der Waals surface area contributed by atoms with Gasteiger partial charge in [0.2, 0.25) is 0 Å². The van der Waals surface area contributed by atoms with Crippen molar-refractivity contribution in [3.8, 4) is 0 Å². The van der Waals surface area contributed by atoms with Gasteiger partial charge in [-0.3, -0.25) is 4.90 Å². The summed E-state index contributed by atoms with van der Waals surface area (Å²) in [6.45, 7) is 5.39. The number of hydrogen-bond acceptors (Lipinski definition) is 3. The lowest BCUT2D eigenvalue weighted by Crippen LogP contribution is -2.41. The van der Waals surface area contributed by atoms with Crippen molar-refractivity contribution in [2.45, 2.75) is 44.9 Å². The predicted octanol–water partition coefficient (Wildman–Crippen LogP) is 3.01. The van der Waals surface area contributed by atoms with Crippen molar-refractivity contribution in [1.82, 2.24) is 4.90 Å². The third-order valence-corrected chi connectivity index (χ3v) is 3.37. The lowest BCUT2D eigenvalue weighted by molar-refractivity contribution is -0.0175. The third kappa shape index (κ3) is 3.32. The Labute approximate surface area is 122 Å². The van der Waals surface area contributed by atoms with Crippen LogP contribution in [0.3, 0.4) is 0 Å². The van der Waals surface area contributed by atoms with Gasteiger partial charge < -0.3 is 9.84 Å². The van der Waals surface area contributed by atoms with Crippen LogP contribution in [0.1, 0.15) is 38.7 Å². The average molecular weight is 299 g/mol. The summed E-state index contributed by atoms with van der Waals surface area (Å²) in [5.41, 5.74) is -0.604. The van der Waals surface area contributed by atoms with Gasteiger partial charge >= 0.3 is 6.09 Å². The summed E-state index contributed by atoms with van der Waals surface area (Å²) >= 11 is 0. The summed E-state index contributed by atoms with van der Waals surface area (Å²) in [5, 5.41) is 10.2. The van der Waals surface area contributed by atoms with E-state index in [1.54, 1.807) is 20.8 Å². The molecule has 1 aromatic rings. The van der Waals surface area contributed by atoms with E-state index in [0.29, 0.717) is 6.42 Å². The van der Waals surface area contributed by atoms with Gasteiger partial charge in [-0.15, -0.1) is 0 Å². The van der Waals surface area contributed by atoms with Crippen LogP contribution in [0.15, 0.2) is 18.2 Å². The summed E-state index contributed by atoms with van der Waals surface area (Å²) in [5.74, 6) is -2.60. The van der Waals surface area contributed by atoms with Crippen molar-refractivity contribution in [1.29, 1.82) is 0 Å². The van der Waals surface area contributed by atoms with Gasteiger partial charge in [0.05, 0.1) is 0 Å². The number of aliphatic hydroxyl groups is 1. The molecule has 0 saturated carbocycles. The lowest BCUT2D eigenvalue weighted by atomic mass is 9.96. The van der Waals surface area contributed by atoms with Gasteiger partial charge in [0.15, 0.2) is 11.6 Å². The first-order valence-corrected chi connectivity index (χ1v) is 6.82. The minimum Gasteiger partial charge on any atom is -0.444 e. The molecule has 116 valence electrons. The summed E-state index contributed by atoms with van der Waals surface area (Å²) in [6.07, 6.45) is -1.54. The minimum absolute atomic E-state index is 0.0774. The Balaban J connectivity index is 2.16. The molecule has 2 rings (SSSR count). The molecule has 6 heteroatoms. The maximum Gasteiger partial charge on any atom is 0.412 e. The van der Waals surface area contributed by atoms with Crippen molar-refractivity contribution in [3.63, 3.8) is 0 Å². The molecule has 1 unspecified atom stereocenters. The van der Waals surface area contributed by atoms with Crippen molar-refractivity contribution in [2.24, 2.45) is 0 Å². The van der Waals surface area contributed by atoms with Crippen LogP contribution in [0, 0.1) is 11.6 Å². The molecular formula is C15H19F2NO3. The van der Waals surface area contributed by atoms with Crippen LogP contribution in [0.4, 0.5) is 13.6 Å². The fourth-order valence-corrected chi connectivity index (χ4v) is 2.42. The van der Waals surface area contributed by atoms with Crippen LogP contribution in [0.5, 0.6) is 0 Å². The van der Waals surface area contributed by atoms with E-state index in [1.807, 2.05) is 0 Å². The van der Waals surface area contributed by atoms with Gasteiger partial charge in [0.25, 0.3) is 0 Å². The third-order valence-electron chi connectivity index (χ3n) is 3.37. The molecule has 1 aliphatic rings. The zero-order chi connectivity index (χ0) is 15.8. The smallest absolute Gasteiger partial charge is 0.412 e. The Kier molecular flexibility index (Phi) is 4.18. The maximum absolute atomic E-state index is 13.8. The normalized spacial score (nSPS) is 22.5. The van der Waals surface area contributed by atoms with Crippen molar-refractivity contribution < 1.29 is 23.4 Å². The number of likely N-dealkylation sites (tertiary alicyclic amines) is 1. The van der Waals surface area contributed by atoms with Crippen molar-refractivity contribution in [2.75, 3.05) is 6.54 Å². The molecule has 1 saturated heterocycles. The Hall–Kier alpha value is -1.69. The molecule has 4 nitrogen and oxygen atoms in total. The fourth-order valence-electron chi connectivity index (χ4n) is 2.42. The van der Waals surface area contributed by atoms with Crippen LogP contribution < -0.4 is 0 Å². The first-order chi connectivity index (χ1) is 9.70. The standard InChI is InChI=1S/C15H19F2NO3/c1-15(2,3)21-14(20)18-8-7-10(13(18)19)9-5-4-6-11(16)12(9)17/h4-6,10,13,19H,7-8H2,1-3H3/t10?,13-/m0/s1. The molecule has 1 aliphatic heterocycles. The number of halogens is 2. The van der Waals surface area contributed by atoms with E-state index in [1.165, 1.54) is 12.1 Å². The van der Waals surface area contributed by atoms with Crippen molar-refractivity contribution >= 4 is 6.09 Å². The second-order valence-electron chi connectivity index (χ2n) is 6.13. The molecule has 1 aromatic carbocycles. The van der Waals surface area contributed by atoms with Crippen LogP contribution in [-0.2, 0) is 4.74 Å². The molecule has 1 amide bonds. The monoisotopic (exact) mass is 299 g/mol. The van der Waals surface area contributed by atoms with Gasteiger partial charge in [-0.25, -0.2) is 13.6 Å². The predicted molar refractivity (Wildman–Crippen MR) is 72.7 cm³/mol. The minimum atomic E-state index is -1.23. The first-order valence-electron chi connectivity index (χ1n) is 6.82. The van der Waals surface area contributed by atoms with Crippen LogP contribution in [-0.4, -0.2) is 34.5 Å². The maximum atomic E-state index is 13.8. The molecule has 1 N–H and O–H groups in total. The average Bonchev–Trinajstić information content (AvgIpc) is 2.73. The Bertz CT molecular complexity index is 542. The Morgan fingerprint density at radius 3 is 2.67 bits per heavy atom. The summed E-state index contributed by atoms with van der Waals surface area (Å²) in [7, 11) is 0. The highest BCUT2D eigenvalue weighted by Crippen LogP contribution is 2.34. The van der Waals surface area contributed by atoms with Crippen LogP contribution in [0.25, 0.3) is 0 Å². The van der Waals surface area contributed by atoms with Gasteiger partial charge in [0, 0.05) is 12.5 Å². The molecule has 0 radical (unpaired) electrons. The number of nitrogens with zero attached hydrogens (tertiary/aromatic N) is 1. The highest BCUT2D eigenvalue weighted by Gasteiger charge is 2.40. The van der Waals surface area contributed by atoms with E-state index >= 15 is 0 Å². The number of aliphatic hydroxyl groups excluding tert-OH is 1. The molecule has 21 heavy (non-hydrogen) atoms. The topological polar surface area (TPSA) is 49.8 Å². The number of benzene rings is 1. The molecule has 0 aromatic heterocycles. The molecule has 0 spiro atoms. The number of carbonyl (C=O) groups excluding carboxylic acids is 1. The van der Waals surface area contributed by atoms with Gasteiger partial charge in [-0.1, -0.05) is 12.1 Å². The number of ether oxygens (including phenoxy) is 1. The van der Waals surface area contributed by atoms with E-state index in [9.17, 15) is 18.7 Å². The molecular weight excluding hydrogens is 280 g/mol. The Morgan fingerprint density at radius 2 is 2.05 bits per heavy atom. The van der Waals surface area contributed by atoms with Gasteiger partial charge in [-0.05, 0) is 38.8 Å². The highest BCUT2D eigenvalue weighted by atomic mass is 19.2. The van der Waals surface area contributed by atoms with E-state index in [-0.39, 0.29) is 12.1 Å². The second kappa shape index (κ2) is 5.60. The van der Waals surface area contributed by atoms with Crippen LogP contribution >= 0.6 is 0 Å². The van der Waals surface area contributed by atoms with Crippen molar-refractivity contribution in [3.05, 3.63) is 35.4 Å². The summed E-state index contributed by atoms with van der Waals surface area (Å²) in [4.78, 5) is 13.1. The fraction of sp³-hybridized carbons (Fsp3) is 0.533. The molecule has 2 atom stereocenters. The molecule has 0 aliphatic carbocycles. The van der Waals surface area contributed by atoms with Gasteiger partial charge in [0.1, 0.15) is 11.8 Å². The number of hydrogen-bond donors (Lipinski definition) is 1. The number of amides is 1. The number of rotatable bonds is 1. The first kappa shape index (κ1) is 15.7. The second-order valence-corrected chi connectivity index (χ2v) is 6.13. The van der Waals surface area contributed by atoms with E-state index in [4.69, 9.17) is 4.74 Å². The Morgan fingerprint density at radius 1 is 1.38 bits per heavy atom. The zero-order valence-corrected chi connectivity index (χ0v) is 12.3. The molecule has 1 heterocycles. The molecule has 1 fully saturated rings. The summed E-state index contributed by atoms with van der Waals surface area (Å²) < 4.78 is 32.3. The van der Waals surface area contributed by atoms with Gasteiger partial charge in [-0.2, -0.15) is 0 Å². The zero-order valence-electron chi connectivity index (χ0n) is 12.3. The quantitative estimate of drug-likeness (QED) is 0.867. The largest absolute Gasteiger partial charge is 0.444 e.